The van der Waals surface area contributed by atoms with Gasteiger partial charge in [-0.05, 0) is 57.3 Å². The molecule has 0 aromatic carbocycles. The van der Waals surface area contributed by atoms with Crippen molar-refractivity contribution in [3.05, 3.63) is 12.2 Å². The lowest BCUT2D eigenvalue weighted by Crippen LogP contribution is -2.63. The number of aliphatic hydroxyl groups excluding tert-OH is 10. The van der Waals surface area contributed by atoms with Crippen LogP contribution in [0.4, 0.5) is 0 Å². The Bertz CT molecular complexity index is 1460. The van der Waals surface area contributed by atoms with E-state index in [4.69, 9.17) is 38.3 Å². The summed E-state index contributed by atoms with van der Waals surface area (Å²) < 4.78 is 39.3. The van der Waals surface area contributed by atoms with Crippen molar-refractivity contribution in [3.63, 3.8) is 0 Å². The zero-order valence-electron chi connectivity index (χ0n) is 33.0. The molecule has 0 amide bonds. The van der Waals surface area contributed by atoms with Crippen LogP contribution >= 0.6 is 0 Å². The molecule has 0 aromatic heterocycles. The molecule has 0 spiro atoms. The fraction of sp³-hybridized carbons (Fsp3) is 0.872. The third kappa shape index (κ3) is 11.6. The van der Waals surface area contributed by atoms with E-state index in [1.807, 2.05) is 0 Å². The van der Waals surface area contributed by atoms with E-state index < -0.39 is 154 Å². The summed E-state index contributed by atoms with van der Waals surface area (Å²) in [5.41, 5.74) is 0. The molecular formula is C39H61O21+. The fourth-order valence-corrected chi connectivity index (χ4v) is 9.38. The average Bonchev–Trinajstić information content (AvgIpc) is 3.20. The van der Waals surface area contributed by atoms with Crippen LogP contribution in [0.25, 0.3) is 0 Å². The van der Waals surface area contributed by atoms with Crippen LogP contribution in [0.2, 0.25) is 0 Å². The maximum atomic E-state index is 12.5. The van der Waals surface area contributed by atoms with E-state index >= 15 is 0 Å². The molecular weight excluding hydrogens is 804 g/mol. The molecule has 3 saturated carbocycles. The lowest BCUT2D eigenvalue weighted by molar-refractivity contribution is -0.361. The van der Waals surface area contributed by atoms with Crippen LogP contribution in [0.15, 0.2) is 12.2 Å². The molecule has 0 aromatic rings. The van der Waals surface area contributed by atoms with Crippen molar-refractivity contribution in [2.75, 3.05) is 13.2 Å². The van der Waals surface area contributed by atoms with E-state index in [0.29, 0.717) is 38.5 Å². The van der Waals surface area contributed by atoms with E-state index in [-0.39, 0.29) is 37.5 Å². The first-order valence-electron chi connectivity index (χ1n) is 20.8. The van der Waals surface area contributed by atoms with Gasteiger partial charge in [0.1, 0.15) is 74.6 Å². The number of carboxylic acids is 1. The maximum Gasteiger partial charge on any atom is 0.330 e. The van der Waals surface area contributed by atoms with Gasteiger partial charge in [-0.25, -0.2) is 4.79 Å². The van der Waals surface area contributed by atoms with Crippen LogP contribution in [0, 0.1) is 17.8 Å². The van der Waals surface area contributed by atoms with Gasteiger partial charge in [0.2, 0.25) is 0 Å². The molecule has 60 heavy (non-hydrogen) atoms. The number of carbonyl (C=O) groups is 3. The molecule has 21 heteroatoms. The molecule has 3 saturated heterocycles. The minimum absolute atomic E-state index is 0.0313. The molecule has 12 N–H and O–H groups in total. The number of fused-ring (bicyclic) bond motifs is 1. The molecule has 19 atom stereocenters. The highest BCUT2D eigenvalue weighted by atomic mass is 16.7. The highest BCUT2D eigenvalue weighted by Crippen LogP contribution is 2.43. The Morgan fingerprint density at radius 2 is 1.25 bits per heavy atom. The summed E-state index contributed by atoms with van der Waals surface area (Å²) in [7, 11) is 0. The van der Waals surface area contributed by atoms with Crippen molar-refractivity contribution >= 4 is 17.9 Å². The molecule has 3 aliphatic carbocycles. The summed E-state index contributed by atoms with van der Waals surface area (Å²) in [4.78, 5) is 35.2. The zero-order valence-corrected chi connectivity index (χ0v) is 33.0. The number of carboxylic acid groups (broad SMARTS) is 1. The molecule has 6 rings (SSSR count). The smallest absolute Gasteiger partial charge is 0.330 e. The summed E-state index contributed by atoms with van der Waals surface area (Å²) in [6.07, 6.45) is -16.3. The van der Waals surface area contributed by atoms with E-state index in [9.17, 15) is 65.4 Å². The molecule has 9 unspecified atom stereocenters. The van der Waals surface area contributed by atoms with E-state index in [1.54, 1.807) is 6.08 Å². The Balaban J connectivity index is 1.08. The van der Waals surface area contributed by atoms with Crippen molar-refractivity contribution in [1.82, 2.24) is 0 Å². The van der Waals surface area contributed by atoms with Crippen LogP contribution < -0.4 is 0 Å². The quantitative estimate of drug-likeness (QED) is 0.0364. The fourth-order valence-electron chi connectivity index (χ4n) is 9.38. The summed E-state index contributed by atoms with van der Waals surface area (Å²) in [5, 5.41) is 115. The largest absolute Gasteiger partial charge is 0.481 e. The van der Waals surface area contributed by atoms with Crippen LogP contribution in [-0.2, 0) is 42.8 Å². The van der Waals surface area contributed by atoms with Crippen molar-refractivity contribution in [2.45, 2.75) is 181 Å². The van der Waals surface area contributed by atoms with Crippen LogP contribution in [0.5, 0.6) is 0 Å². The van der Waals surface area contributed by atoms with Crippen LogP contribution in [-0.4, -0.2) is 202 Å². The molecule has 6 aliphatic rings. The topological polar surface area (TPSA) is 342 Å². The molecule has 3 heterocycles. The lowest BCUT2D eigenvalue weighted by Gasteiger charge is -2.49. The summed E-state index contributed by atoms with van der Waals surface area (Å²) in [6, 6.07) is 0. The molecule has 0 radical (unpaired) electrons. The Hall–Kier alpha value is -2.45. The van der Waals surface area contributed by atoms with Gasteiger partial charge in [0.25, 0.3) is 0 Å². The minimum Gasteiger partial charge on any atom is -0.481 e. The second-order valence-corrected chi connectivity index (χ2v) is 17.1. The second kappa shape index (κ2) is 20.8. The summed E-state index contributed by atoms with van der Waals surface area (Å²) in [5.74, 6) is -4.07. The standard InChI is InChI=1S/C39H60O21/c40-18-5-3-17(4-6-18)37-25(58-39-36(53)34(51)32(49)27(60-39)15-55-30(47)13-28(44)45)12-20-22(42)10-19(11-24(20)57-37)56-38-35(52)33(50)31(48)26(59-38)14-54-29(46)8-2-16-1-7-21(41)23(43)9-16/h2,8,16-27,31-43,48-53H,1,3-7,9-15H2,(H,44,45)/p+1/t16?,17?,18?,19?,20?,21?,22?,23?,24?,25?,26-,27-,31-,32-,33+,34+,35-,36-,37?,38-,39-/m1/s1. The number of aliphatic hydroxyl groups is 12. The first-order chi connectivity index (χ1) is 28.5. The van der Waals surface area contributed by atoms with Crippen LogP contribution in [0.1, 0.15) is 70.6 Å². The second-order valence-electron chi connectivity index (χ2n) is 17.1. The van der Waals surface area contributed by atoms with Gasteiger partial charge in [-0.15, -0.1) is 0 Å². The lowest BCUT2D eigenvalue weighted by atomic mass is 9.73. The molecule has 21 nitrogen and oxygen atoms in total. The Kier molecular flexibility index (Phi) is 16.3. The maximum absolute atomic E-state index is 12.5. The number of rotatable bonds is 13. The van der Waals surface area contributed by atoms with E-state index in [0.717, 1.165) is 0 Å². The van der Waals surface area contributed by atoms with Crippen molar-refractivity contribution in [1.29, 1.82) is 0 Å². The highest BCUT2D eigenvalue weighted by Gasteiger charge is 2.56. The first kappa shape index (κ1) is 47.0. The third-order valence-corrected chi connectivity index (χ3v) is 12.9. The number of hydrogen-bond acceptors (Lipinski definition) is 19. The summed E-state index contributed by atoms with van der Waals surface area (Å²) >= 11 is 0. The number of allylic oxidation sites excluding steroid dienone is 1. The van der Waals surface area contributed by atoms with Gasteiger partial charge in [0, 0.05) is 24.8 Å². The number of esters is 2. The van der Waals surface area contributed by atoms with Gasteiger partial charge < -0.3 is 89.3 Å². The van der Waals surface area contributed by atoms with E-state index in [2.05, 4.69) is 0 Å². The Labute approximate surface area is 345 Å². The SMILES string of the molecule is O=C(O)CC(=O)OC[C@H]1O[C@@H](OC2CC3C(O)CC(O[C@@H]4O[C@H](COC(=O)C=CC5CCC(O)C(O)C5)[C@@H](O)[C@H](O)[C@H]4O)CC3[OH+]C2C2CCC(O)CC2)[C@H](O)[C@@H](O)[C@@H]1O. The van der Waals surface area contributed by atoms with Crippen LogP contribution in [0.3, 0.4) is 0 Å². The van der Waals surface area contributed by atoms with Gasteiger partial charge in [0.05, 0.1) is 36.4 Å². The minimum atomic E-state index is -1.79. The number of aliphatic carboxylic acids is 1. The third-order valence-electron chi connectivity index (χ3n) is 12.9. The van der Waals surface area contributed by atoms with Gasteiger partial charge >= 0.3 is 17.9 Å². The number of ether oxygens (including phenoxy) is 7. The van der Waals surface area contributed by atoms with Crippen molar-refractivity contribution in [2.24, 2.45) is 17.8 Å². The van der Waals surface area contributed by atoms with Crippen molar-refractivity contribution in [3.8, 4) is 0 Å². The van der Waals surface area contributed by atoms with Crippen molar-refractivity contribution < 1.29 is 104 Å². The Morgan fingerprint density at radius 3 is 1.87 bits per heavy atom. The number of carbonyl (C=O) groups excluding carboxylic acids is 2. The molecule has 0 bridgehead atoms. The van der Waals surface area contributed by atoms with Gasteiger partial charge in [-0.3, -0.25) is 9.59 Å². The number of hydrogen-bond donors (Lipinski definition) is 11. The summed E-state index contributed by atoms with van der Waals surface area (Å²) in [6.45, 7) is -1.14. The highest BCUT2D eigenvalue weighted by molar-refractivity contribution is 5.90. The Morgan fingerprint density at radius 1 is 0.633 bits per heavy atom. The predicted octanol–water partition coefficient (Wildman–Crippen LogP) is -4.00. The zero-order chi connectivity index (χ0) is 43.4. The normalized spacial score (nSPS) is 46.3. The molecule has 342 valence electrons. The first-order valence-corrected chi connectivity index (χ1v) is 20.8. The molecule has 6 fully saturated rings. The van der Waals surface area contributed by atoms with E-state index in [1.165, 1.54) is 6.08 Å². The average molecular weight is 866 g/mol. The monoisotopic (exact) mass is 865 g/mol. The predicted molar refractivity (Wildman–Crippen MR) is 197 cm³/mol. The van der Waals surface area contributed by atoms with Gasteiger partial charge in [-0.2, -0.15) is 0 Å². The van der Waals surface area contributed by atoms with Gasteiger partial charge in [-0.1, -0.05) is 6.08 Å². The molecule has 3 aliphatic heterocycles. The van der Waals surface area contributed by atoms with Gasteiger partial charge in [0.15, 0.2) is 24.8 Å².